The second-order valence-electron chi connectivity index (χ2n) is 5.74. The molecule has 0 radical (unpaired) electrons. The first kappa shape index (κ1) is 14.5. The number of nitrogens with one attached hydrogen (secondary N) is 1. The molecule has 2 aliphatic rings. The van der Waals surface area contributed by atoms with Gasteiger partial charge in [-0.15, -0.1) is 13.2 Å². The average molecular weight is 300 g/mol. The van der Waals surface area contributed by atoms with Crippen molar-refractivity contribution in [2.24, 2.45) is 5.92 Å². The monoisotopic (exact) mass is 300 g/mol. The van der Waals surface area contributed by atoms with Gasteiger partial charge in [0.1, 0.15) is 5.75 Å². The molecule has 2 fully saturated rings. The number of benzene rings is 1. The third-order valence-corrected chi connectivity index (χ3v) is 4.05. The zero-order chi connectivity index (χ0) is 14.9. The van der Waals surface area contributed by atoms with Crippen LogP contribution >= 0.6 is 0 Å². The summed E-state index contributed by atoms with van der Waals surface area (Å²) in [6, 6.07) is 6.67. The summed E-state index contributed by atoms with van der Waals surface area (Å²) in [5.41, 5.74) is 0.957. The molecule has 0 spiro atoms. The number of ether oxygens (including phenoxy) is 1. The summed E-state index contributed by atoms with van der Waals surface area (Å²) in [4.78, 5) is 2.25. The number of hydrogen-bond acceptors (Lipinski definition) is 3. The van der Waals surface area contributed by atoms with E-state index in [2.05, 4.69) is 15.0 Å². The number of hydrogen-bond donors (Lipinski definition) is 1. The molecule has 1 heterocycles. The molecule has 1 N–H and O–H groups in total. The van der Waals surface area contributed by atoms with Crippen LogP contribution < -0.4 is 15.0 Å². The molecule has 3 rings (SSSR count). The predicted molar refractivity (Wildman–Crippen MR) is 74.5 cm³/mol. The fourth-order valence-electron chi connectivity index (χ4n) is 2.86. The molecule has 1 unspecified atom stereocenters. The molecule has 1 atom stereocenters. The number of nitrogens with zero attached hydrogens (tertiary/aromatic N) is 1. The van der Waals surface area contributed by atoms with Gasteiger partial charge in [-0.2, -0.15) is 0 Å². The Morgan fingerprint density at radius 2 is 1.86 bits per heavy atom. The Balaban J connectivity index is 1.67. The van der Waals surface area contributed by atoms with E-state index in [1.54, 1.807) is 12.1 Å². The molecule has 21 heavy (non-hydrogen) atoms. The van der Waals surface area contributed by atoms with Crippen molar-refractivity contribution in [3.8, 4) is 5.75 Å². The van der Waals surface area contributed by atoms with Gasteiger partial charge in [-0.05, 0) is 56.0 Å². The van der Waals surface area contributed by atoms with Crippen LogP contribution in [0.4, 0.5) is 18.9 Å². The summed E-state index contributed by atoms with van der Waals surface area (Å²) in [6.45, 7) is 2.85. The average Bonchev–Trinajstić information content (AvgIpc) is 3.24. The lowest BCUT2D eigenvalue weighted by molar-refractivity contribution is -0.274. The minimum absolute atomic E-state index is 0.169. The number of anilines is 1. The highest BCUT2D eigenvalue weighted by Crippen LogP contribution is 2.34. The standard InChI is InChI=1S/C15H19F3N2O/c16-15(17,18)21-13-6-4-12(5-7-13)20-9-1-8-19-14(10-20)11-2-3-11/h4-7,11,14,19H,1-3,8-10H2. The van der Waals surface area contributed by atoms with Crippen LogP contribution in [-0.4, -0.2) is 32.0 Å². The molecule has 1 saturated heterocycles. The predicted octanol–water partition coefficient (Wildman–Crippen LogP) is 3.16. The van der Waals surface area contributed by atoms with Crippen molar-refractivity contribution in [1.82, 2.24) is 5.32 Å². The maximum Gasteiger partial charge on any atom is 0.573 e. The smallest absolute Gasteiger partial charge is 0.406 e. The minimum Gasteiger partial charge on any atom is -0.406 e. The van der Waals surface area contributed by atoms with Gasteiger partial charge in [-0.3, -0.25) is 0 Å². The van der Waals surface area contributed by atoms with Gasteiger partial charge < -0.3 is 15.0 Å². The van der Waals surface area contributed by atoms with Gasteiger partial charge in [0.25, 0.3) is 0 Å². The van der Waals surface area contributed by atoms with E-state index in [9.17, 15) is 13.2 Å². The molecule has 1 saturated carbocycles. The minimum atomic E-state index is -4.63. The fourth-order valence-corrected chi connectivity index (χ4v) is 2.86. The van der Waals surface area contributed by atoms with Crippen LogP contribution in [0, 0.1) is 5.92 Å². The van der Waals surface area contributed by atoms with Crippen LogP contribution in [0.25, 0.3) is 0 Å². The summed E-state index contributed by atoms with van der Waals surface area (Å²) < 4.78 is 40.4. The van der Waals surface area contributed by atoms with Gasteiger partial charge in [0.2, 0.25) is 0 Å². The van der Waals surface area contributed by atoms with E-state index in [4.69, 9.17) is 0 Å². The number of halogens is 3. The first-order valence-corrected chi connectivity index (χ1v) is 7.35. The third kappa shape index (κ3) is 4.03. The zero-order valence-corrected chi connectivity index (χ0v) is 11.7. The van der Waals surface area contributed by atoms with Crippen LogP contribution in [-0.2, 0) is 0 Å². The summed E-state index contributed by atoms with van der Waals surface area (Å²) in [5, 5.41) is 3.57. The second-order valence-corrected chi connectivity index (χ2v) is 5.74. The molecule has 0 bridgehead atoms. The highest BCUT2D eigenvalue weighted by molar-refractivity contribution is 5.49. The summed E-state index contributed by atoms with van der Waals surface area (Å²) in [6.07, 6.45) is -1.02. The van der Waals surface area contributed by atoms with E-state index in [0.717, 1.165) is 37.7 Å². The summed E-state index contributed by atoms with van der Waals surface area (Å²) >= 11 is 0. The quantitative estimate of drug-likeness (QED) is 0.928. The lowest BCUT2D eigenvalue weighted by atomic mass is 10.1. The van der Waals surface area contributed by atoms with E-state index in [-0.39, 0.29) is 5.75 Å². The Labute approximate surface area is 122 Å². The van der Waals surface area contributed by atoms with Gasteiger partial charge in [-0.25, -0.2) is 0 Å². The van der Waals surface area contributed by atoms with Crippen molar-refractivity contribution in [2.75, 3.05) is 24.5 Å². The normalized spacial score (nSPS) is 23.8. The highest BCUT2D eigenvalue weighted by Gasteiger charge is 2.33. The SMILES string of the molecule is FC(F)(F)Oc1ccc(N2CCCNC(C3CC3)C2)cc1. The van der Waals surface area contributed by atoms with Crippen molar-refractivity contribution >= 4 is 5.69 Å². The Morgan fingerprint density at radius 1 is 1.14 bits per heavy atom. The van der Waals surface area contributed by atoms with Gasteiger partial charge in [0.15, 0.2) is 0 Å². The Bertz CT molecular complexity index is 471. The van der Waals surface area contributed by atoms with Crippen LogP contribution in [0.2, 0.25) is 0 Å². The molecule has 1 aromatic carbocycles. The molecule has 1 aliphatic heterocycles. The molecule has 1 aromatic rings. The highest BCUT2D eigenvalue weighted by atomic mass is 19.4. The third-order valence-electron chi connectivity index (χ3n) is 4.05. The van der Waals surface area contributed by atoms with Gasteiger partial charge >= 0.3 is 6.36 Å². The molecular weight excluding hydrogens is 281 g/mol. The molecule has 3 nitrogen and oxygen atoms in total. The molecule has 0 aromatic heterocycles. The Kier molecular flexibility index (Phi) is 3.97. The lowest BCUT2D eigenvalue weighted by Gasteiger charge is -2.26. The maximum atomic E-state index is 12.2. The van der Waals surface area contributed by atoms with Crippen molar-refractivity contribution in [2.45, 2.75) is 31.7 Å². The fraction of sp³-hybridized carbons (Fsp3) is 0.600. The molecule has 6 heteroatoms. The van der Waals surface area contributed by atoms with Crippen LogP contribution in [0.15, 0.2) is 24.3 Å². The van der Waals surface area contributed by atoms with Crippen LogP contribution in [0.1, 0.15) is 19.3 Å². The maximum absolute atomic E-state index is 12.2. The van der Waals surface area contributed by atoms with Crippen LogP contribution in [0.5, 0.6) is 5.75 Å². The molecular formula is C15H19F3N2O. The lowest BCUT2D eigenvalue weighted by Crippen LogP contribution is -2.39. The topological polar surface area (TPSA) is 24.5 Å². The number of rotatable bonds is 3. The molecule has 0 amide bonds. The van der Waals surface area contributed by atoms with Crippen molar-refractivity contribution < 1.29 is 17.9 Å². The zero-order valence-electron chi connectivity index (χ0n) is 11.7. The molecule has 1 aliphatic carbocycles. The van der Waals surface area contributed by atoms with Crippen LogP contribution in [0.3, 0.4) is 0 Å². The Hall–Kier alpha value is -1.43. The van der Waals surface area contributed by atoms with E-state index < -0.39 is 6.36 Å². The van der Waals surface area contributed by atoms with Crippen molar-refractivity contribution in [3.05, 3.63) is 24.3 Å². The van der Waals surface area contributed by atoms with Gasteiger partial charge in [-0.1, -0.05) is 0 Å². The van der Waals surface area contributed by atoms with Crippen molar-refractivity contribution in [1.29, 1.82) is 0 Å². The van der Waals surface area contributed by atoms with E-state index >= 15 is 0 Å². The first-order chi connectivity index (χ1) is 10.0. The van der Waals surface area contributed by atoms with Gasteiger partial charge in [0.05, 0.1) is 0 Å². The second kappa shape index (κ2) is 5.75. The van der Waals surface area contributed by atoms with E-state index in [1.807, 2.05) is 0 Å². The van der Waals surface area contributed by atoms with Gasteiger partial charge in [0, 0.05) is 24.8 Å². The summed E-state index contributed by atoms with van der Waals surface area (Å²) in [7, 11) is 0. The number of alkyl halides is 3. The van der Waals surface area contributed by atoms with Crippen molar-refractivity contribution in [3.63, 3.8) is 0 Å². The van der Waals surface area contributed by atoms with E-state index in [1.165, 1.54) is 25.0 Å². The summed E-state index contributed by atoms with van der Waals surface area (Å²) in [5.74, 6) is 0.594. The first-order valence-electron chi connectivity index (χ1n) is 7.35. The molecule has 116 valence electrons. The largest absolute Gasteiger partial charge is 0.573 e. The van der Waals surface area contributed by atoms with E-state index in [0.29, 0.717) is 6.04 Å². The Morgan fingerprint density at radius 3 is 2.48 bits per heavy atom.